The van der Waals surface area contributed by atoms with Crippen LogP contribution >= 0.6 is 15.9 Å². The highest BCUT2D eigenvalue weighted by Gasteiger charge is 2.15. The van der Waals surface area contributed by atoms with Gasteiger partial charge < -0.3 is 5.73 Å². The average molecular weight is 332 g/mol. The molecule has 0 saturated carbocycles. The van der Waals surface area contributed by atoms with Crippen molar-refractivity contribution in [1.82, 2.24) is 19.7 Å². The van der Waals surface area contributed by atoms with Crippen LogP contribution in [-0.4, -0.2) is 25.7 Å². The van der Waals surface area contributed by atoms with Gasteiger partial charge in [-0.1, -0.05) is 6.07 Å². The van der Waals surface area contributed by atoms with Gasteiger partial charge in [-0.05, 0) is 28.1 Å². The third-order valence-corrected chi connectivity index (χ3v) is 3.48. The maximum absolute atomic E-state index is 11.5. The number of halogens is 1. The fraction of sp³-hybridized carbons (Fsp3) is 0.0769. The van der Waals surface area contributed by atoms with Gasteiger partial charge in [-0.15, -0.1) is 0 Å². The summed E-state index contributed by atoms with van der Waals surface area (Å²) >= 11 is 3.37. The number of carbonyl (C=O) groups is 1. The summed E-state index contributed by atoms with van der Waals surface area (Å²) < 4.78 is 2.35. The molecule has 2 heterocycles. The van der Waals surface area contributed by atoms with Crippen molar-refractivity contribution in [2.24, 2.45) is 5.73 Å². The van der Waals surface area contributed by atoms with E-state index in [1.54, 1.807) is 35.4 Å². The molecule has 100 valence electrons. The van der Waals surface area contributed by atoms with Gasteiger partial charge in [0, 0.05) is 17.8 Å². The number of primary amides is 1. The lowest BCUT2D eigenvalue weighted by Gasteiger charge is -2.03. The molecule has 6 nitrogen and oxygen atoms in total. The number of aromatic nitrogens is 4. The van der Waals surface area contributed by atoms with Crippen LogP contribution in [-0.2, 0) is 6.54 Å². The van der Waals surface area contributed by atoms with Gasteiger partial charge in [0.1, 0.15) is 4.60 Å². The summed E-state index contributed by atoms with van der Waals surface area (Å²) in [6.45, 7) is 0.470. The molecule has 0 atom stereocenters. The molecule has 1 aromatic carbocycles. The first-order valence-corrected chi connectivity index (χ1v) is 6.66. The zero-order valence-electron chi connectivity index (χ0n) is 10.3. The quantitative estimate of drug-likeness (QED) is 0.791. The van der Waals surface area contributed by atoms with Crippen molar-refractivity contribution in [3.63, 3.8) is 0 Å². The first kappa shape index (κ1) is 12.7. The van der Waals surface area contributed by atoms with E-state index in [-0.39, 0.29) is 0 Å². The van der Waals surface area contributed by atoms with Gasteiger partial charge in [0.15, 0.2) is 0 Å². The first-order valence-electron chi connectivity index (χ1n) is 5.86. The van der Waals surface area contributed by atoms with Crippen molar-refractivity contribution in [1.29, 1.82) is 0 Å². The summed E-state index contributed by atoms with van der Waals surface area (Å²) in [7, 11) is 0. The second-order valence-electron chi connectivity index (χ2n) is 4.21. The van der Waals surface area contributed by atoms with Crippen LogP contribution in [0.2, 0.25) is 0 Å². The Morgan fingerprint density at radius 2 is 2.20 bits per heavy atom. The molecule has 0 fully saturated rings. The molecule has 0 unspecified atom stereocenters. The Labute approximate surface area is 122 Å². The predicted molar refractivity (Wildman–Crippen MR) is 77.1 cm³/mol. The lowest BCUT2D eigenvalue weighted by Crippen LogP contribution is -2.11. The molecule has 20 heavy (non-hydrogen) atoms. The second kappa shape index (κ2) is 5.01. The van der Waals surface area contributed by atoms with Crippen molar-refractivity contribution >= 4 is 32.7 Å². The zero-order valence-corrected chi connectivity index (χ0v) is 11.9. The Balaban J connectivity index is 2.14. The van der Waals surface area contributed by atoms with Crippen molar-refractivity contribution in [3.8, 4) is 0 Å². The summed E-state index contributed by atoms with van der Waals surface area (Å²) in [6.07, 6.45) is 4.93. The Morgan fingerprint density at radius 1 is 1.35 bits per heavy atom. The maximum Gasteiger partial charge on any atom is 0.249 e. The van der Waals surface area contributed by atoms with E-state index in [0.717, 1.165) is 11.2 Å². The highest BCUT2D eigenvalue weighted by molar-refractivity contribution is 9.10. The number of nitrogens with zero attached hydrogens (tertiary/aromatic N) is 4. The van der Waals surface area contributed by atoms with E-state index in [9.17, 15) is 4.79 Å². The van der Waals surface area contributed by atoms with E-state index >= 15 is 0 Å². The van der Waals surface area contributed by atoms with Crippen LogP contribution in [0.3, 0.4) is 0 Å². The van der Waals surface area contributed by atoms with E-state index in [1.165, 1.54) is 0 Å². The molecule has 0 aliphatic carbocycles. The summed E-state index contributed by atoms with van der Waals surface area (Å²) in [6, 6.07) is 5.35. The number of fused-ring (bicyclic) bond motifs is 1. The van der Waals surface area contributed by atoms with E-state index < -0.39 is 5.91 Å². The predicted octanol–water partition coefficient (Wildman–Crippen LogP) is 1.74. The first-order chi connectivity index (χ1) is 9.66. The fourth-order valence-electron chi connectivity index (χ4n) is 2.07. The van der Waals surface area contributed by atoms with Crippen LogP contribution < -0.4 is 5.73 Å². The maximum atomic E-state index is 11.5. The highest BCUT2D eigenvalue weighted by Crippen LogP contribution is 2.27. The molecule has 2 aromatic heterocycles. The lowest BCUT2D eigenvalue weighted by molar-refractivity contribution is 0.100. The Kier molecular flexibility index (Phi) is 3.19. The zero-order chi connectivity index (χ0) is 14.1. The topological polar surface area (TPSA) is 86.7 Å². The molecule has 2 N–H and O–H groups in total. The van der Waals surface area contributed by atoms with Crippen LogP contribution in [0.15, 0.2) is 41.4 Å². The van der Waals surface area contributed by atoms with Crippen molar-refractivity contribution < 1.29 is 4.79 Å². The summed E-state index contributed by atoms with van der Waals surface area (Å²) in [5.74, 6) is -0.477. The Hall–Kier alpha value is -2.28. The number of carbonyl (C=O) groups excluding carboxylic acids is 1. The Morgan fingerprint density at radius 3 is 2.90 bits per heavy atom. The number of amides is 1. The molecule has 7 heteroatoms. The molecule has 0 bridgehead atoms. The van der Waals surface area contributed by atoms with Gasteiger partial charge in [0.2, 0.25) is 5.91 Å². The number of hydrogen-bond donors (Lipinski definition) is 1. The smallest absolute Gasteiger partial charge is 0.249 e. The number of benzene rings is 1. The third kappa shape index (κ3) is 2.16. The van der Waals surface area contributed by atoms with E-state index in [1.807, 2.05) is 6.07 Å². The van der Waals surface area contributed by atoms with Crippen LogP contribution in [0.1, 0.15) is 16.1 Å². The van der Waals surface area contributed by atoms with Gasteiger partial charge in [0.05, 0.1) is 29.5 Å². The minimum Gasteiger partial charge on any atom is -0.366 e. The molecule has 0 aliphatic heterocycles. The summed E-state index contributed by atoms with van der Waals surface area (Å²) in [4.78, 5) is 19.7. The van der Waals surface area contributed by atoms with E-state index in [4.69, 9.17) is 5.73 Å². The van der Waals surface area contributed by atoms with Gasteiger partial charge in [-0.3, -0.25) is 19.4 Å². The van der Waals surface area contributed by atoms with E-state index in [2.05, 4.69) is 31.0 Å². The lowest BCUT2D eigenvalue weighted by atomic mass is 10.1. The normalized spacial score (nSPS) is 10.8. The minimum absolute atomic E-state index is 0.444. The van der Waals surface area contributed by atoms with E-state index in [0.29, 0.717) is 22.1 Å². The van der Waals surface area contributed by atoms with Crippen molar-refractivity contribution in [2.75, 3.05) is 0 Å². The van der Waals surface area contributed by atoms with Crippen LogP contribution in [0.4, 0.5) is 0 Å². The van der Waals surface area contributed by atoms with Gasteiger partial charge in [-0.2, -0.15) is 5.10 Å². The van der Waals surface area contributed by atoms with Crippen LogP contribution in [0.5, 0.6) is 0 Å². The molecule has 0 saturated heterocycles. The summed E-state index contributed by atoms with van der Waals surface area (Å²) in [5.41, 5.74) is 7.44. The molecule has 1 amide bonds. The second-order valence-corrected chi connectivity index (χ2v) is 4.96. The highest BCUT2D eigenvalue weighted by atomic mass is 79.9. The Bertz CT molecular complexity index is 784. The SMILES string of the molecule is NC(=O)c1cccc2c1c(Br)nn2Cc1cnccn1. The molecular weight excluding hydrogens is 322 g/mol. The van der Waals surface area contributed by atoms with Gasteiger partial charge >= 0.3 is 0 Å². The fourth-order valence-corrected chi connectivity index (χ4v) is 2.68. The third-order valence-electron chi connectivity index (χ3n) is 2.93. The van der Waals surface area contributed by atoms with Gasteiger partial charge in [0.25, 0.3) is 0 Å². The van der Waals surface area contributed by atoms with Crippen LogP contribution in [0, 0.1) is 0 Å². The molecular formula is C13H10BrN5O. The molecule has 0 aliphatic rings. The van der Waals surface area contributed by atoms with Crippen molar-refractivity contribution in [3.05, 3.63) is 52.7 Å². The number of hydrogen-bond acceptors (Lipinski definition) is 4. The minimum atomic E-state index is -0.477. The molecule has 0 radical (unpaired) electrons. The molecule has 3 rings (SSSR count). The molecule has 0 spiro atoms. The number of nitrogens with two attached hydrogens (primary N) is 1. The monoisotopic (exact) mass is 331 g/mol. The standard InChI is InChI=1S/C13H10BrN5O/c14-12-11-9(13(15)20)2-1-3-10(11)19(18-12)7-8-6-16-4-5-17-8/h1-6H,7H2,(H2,15,20). The van der Waals surface area contributed by atoms with Crippen LogP contribution in [0.25, 0.3) is 10.9 Å². The largest absolute Gasteiger partial charge is 0.366 e. The van der Waals surface area contributed by atoms with Gasteiger partial charge in [-0.25, -0.2) is 0 Å². The average Bonchev–Trinajstić information content (AvgIpc) is 2.77. The molecule has 3 aromatic rings. The van der Waals surface area contributed by atoms with Crippen molar-refractivity contribution in [2.45, 2.75) is 6.54 Å². The number of rotatable bonds is 3. The summed E-state index contributed by atoms with van der Waals surface area (Å²) in [5, 5.41) is 5.10.